The number of hydrogen-bond acceptors (Lipinski definition) is 2. The maximum atomic E-state index is 6.11. The van der Waals surface area contributed by atoms with Gasteiger partial charge in [0.1, 0.15) is 0 Å². The SMILES string of the molecule is CSCCC1CCCCCC1N. The molecule has 0 aliphatic heterocycles. The Labute approximate surface area is 80.5 Å². The van der Waals surface area contributed by atoms with Gasteiger partial charge in [0.2, 0.25) is 0 Å². The van der Waals surface area contributed by atoms with Crippen LogP contribution in [0, 0.1) is 5.92 Å². The summed E-state index contributed by atoms with van der Waals surface area (Å²) >= 11 is 1.95. The molecule has 0 spiro atoms. The summed E-state index contributed by atoms with van der Waals surface area (Å²) in [5, 5.41) is 0. The van der Waals surface area contributed by atoms with Crippen molar-refractivity contribution in [3.05, 3.63) is 0 Å². The van der Waals surface area contributed by atoms with Crippen LogP contribution in [0.3, 0.4) is 0 Å². The monoisotopic (exact) mass is 187 g/mol. The first-order chi connectivity index (χ1) is 5.84. The third kappa shape index (κ3) is 3.36. The van der Waals surface area contributed by atoms with Gasteiger partial charge < -0.3 is 5.73 Å². The zero-order chi connectivity index (χ0) is 8.81. The van der Waals surface area contributed by atoms with Crippen molar-refractivity contribution in [3.8, 4) is 0 Å². The highest BCUT2D eigenvalue weighted by Gasteiger charge is 2.19. The Morgan fingerprint density at radius 1 is 1.25 bits per heavy atom. The minimum absolute atomic E-state index is 0.500. The van der Waals surface area contributed by atoms with Crippen LogP contribution in [-0.4, -0.2) is 18.1 Å². The van der Waals surface area contributed by atoms with Gasteiger partial charge in [0.15, 0.2) is 0 Å². The summed E-state index contributed by atoms with van der Waals surface area (Å²) < 4.78 is 0. The predicted molar refractivity (Wildman–Crippen MR) is 57.5 cm³/mol. The van der Waals surface area contributed by atoms with Crippen LogP contribution in [-0.2, 0) is 0 Å². The summed E-state index contributed by atoms with van der Waals surface area (Å²) in [7, 11) is 0. The molecular formula is C10H21NS. The fourth-order valence-electron chi connectivity index (χ4n) is 2.04. The van der Waals surface area contributed by atoms with Gasteiger partial charge in [-0.3, -0.25) is 0 Å². The Bertz CT molecular complexity index is 116. The Balaban J connectivity index is 2.26. The van der Waals surface area contributed by atoms with E-state index in [1.54, 1.807) is 0 Å². The molecule has 0 aromatic rings. The van der Waals surface area contributed by atoms with Crippen molar-refractivity contribution in [3.63, 3.8) is 0 Å². The molecule has 1 nitrogen and oxygen atoms in total. The molecular weight excluding hydrogens is 166 g/mol. The topological polar surface area (TPSA) is 26.0 Å². The van der Waals surface area contributed by atoms with Crippen molar-refractivity contribution in [2.24, 2.45) is 11.7 Å². The Morgan fingerprint density at radius 2 is 2.00 bits per heavy atom. The van der Waals surface area contributed by atoms with E-state index in [-0.39, 0.29) is 0 Å². The number of rotatable bonds is 3. The van der Waals surface area contributed by atoms with Crippen molar-refractivity contribution in [2.45, 2.75) is 44.6 Å². The molecule has 0 aromatic carbocycles. The lowest BCUT2D eigenvalue weighted by molar-refractivity contribution is 0.389. The van der Waals surface area contributed by atoms with Crippen molar-refractivity contribution >= 4 is 11.8 Å². The van der Waals surface area contributed by atoms with Gasteiger partial charge >= 0.3 is 0 Å². The van der Waals surface area contributed by atoms with Crippen molar-refractivity contribution in [1.29, 1.82) is 0 Å². The summed E-state index contributed by atoms with van der Waals surface area (Å²) in [5.41, 5.74) is 6.11. The summed E-state index contributed by atoms with van der Waals surface area (Å²) in [5.74, 6) is 2.11. The molecule has 0 radical (unpaired) electrons. The Kier molecular flexibility index (Phi) is 5.08. The van der Waals surface area contributed by atoms with E-state index in [9.17, 15) is 0 Å². The van der Waals surface area contributed by atoms with Crippen LogP contribution in [0.1, 0.15) is 38.5 Å². The highest BCUT2D eigenvalue weighted by Crippen LogP contribution is 2.25. The molecule has 0 aromatic heterocycles. The van der Waals surface area contributed by atoms with Crippen LogP contribution in [0.4, 0.5) is 0 Å². The first-order valence-corrected chi connectivity index (χ1v) is 6.48. The molecule has 2 N–H and O–H groups in total. The molecule has 0 amide bonds. The molecule has 72 valence electrons. The van der Waals surface area contributed by atoms with E-state index in [1.165, 1.54) is 44.3 Å². The standard InChI is InChI=1S/C10H21NS/c1-12-8-7-9-5-3-2-4-6-10(9)11/h9-10H,2-8,11H2,1H3. The van der Waals surface area contributed by atoms with Crippen LogP contribution >= 0.6 is 11.8 Å². The second kappa shape index (κ2) is 5.87. The summed E-state index contributed by atoms with van der Waals surface area (Å²) in [6.45, 7) is 0. The third-order valence-electron chi connectivity index (χ3n) is 2.91. The molecule has 1 fully saturated rings. The molecule has 12 heavy (non-hydrogen) atoms. The molecule has 2 atom stereocenters. The van der Waals surface area contributed by atoms with Gasteiger partial charge in [0.05, 0.1) is 0 Å². The molecule has 0 bridgehead atoms. The number of hydrogen-bond donors (Lipinski definition) is 1. The van der Waals surface area contributed by atoms with Crippen LogP contribution in [0.5, 0.6) is 0 Å². The Morgan fingerprint density at radius 3 is 2.75 bits per heavy atom. The summed E-state index contributed by atoms with van der Waals surface area (Å²) in [6.07, 6.45) is 10.3. The molecule has 1 rings (SSSR count). The summed E-state index contributed by atoms with van der Waals surface area (Å²) in [4.78, 5) is 0. The van der Waals surface area contributed by atoms with Gasteiger partial charge in [0.25, 0.3) is 0 Å². The lowest BCUT2D eigenvalue weighted by Gasteiger charge is -2.20. The van der Waals surface area contributed by atoms with Gasteiger partial charge in [0, 0.05) is 6.04 Å². The second-order valence-corrected chi connectivity index (χ2v) is 4.83. The van der Waals surface area contributed by atoms with E-state index >= 15 is 0 Å². The minimum Gasteiger partial charge on any atom is -0.327 e. The molecule has 1 saturated carbocycles. The predicted octanol–water partition coefficient (Wildman–Crippen LogP) is 2.65. The molecule has 0 saturated heterocycles. The van der Waals surface area contributed by atoms with Crippen molar-refractivity contribution < 1.29 is 0 Å². The highest BCUT2D eigenvalue weighted by atomic mass is 32.2. The lowest BCUT2D eigenvalue weighted by atomic mass is 9.93. The van der Waals surface area contributed by atoms with Gasteiger partial charge in [-0.25, -0.2) is 0 Å². The molecule has 2 heteroatoms. The minimum atomic E-state index is 0.500. The quantitative estimate of drug-likeness (QED) is 0.687. The molecule has 1 aliphatic carbocycles. The maximum Gasteiger partial charge on any atom is 0.00674 e. The van der Waals surface area contributed by atoms with Crippen molar-refractivity contribution in [2.75, 3.05) is 12.0 Å². The third-order valence-corrected chi connectivity index (χ3v) is 3.55. The molecule has 0 heterocycles. The van der Waals surface area contributed by atoms with Crippen LogP contribution in [0.2, 0.25) is 0 Å². The lowest BCUT2D eigenvalue weighted by Crippen LogP contribution is -2.29. The van der Waals surface area contributed by atoms with E-state index in [2.05, 4.69) is 6.26 Å². The Hall–Kier alpha value is 0.310. The van der Waals surface area contributed by atoms with E-state index in [0.717, 1.165) is 5.92 Å². The summed E-state index contributed by atoms with van der Waals surface area (Å²) in [6, 6.07) is 0.500. The van der Waals surface area contributed by atoms with Crippen LogP contribution < -0.4 is 5.73 Å². The fourth-order valence-corrected chi connectivity index (χ4v) is 2.58. The normalized spacial score (nSPS) is 31.5. The highest BCUT2D eigenvalue weighted by molar-refractivity contribution is 7.98. The van der Waals surface area contributed by atoms with Crippen LogP contribution in [0.25, 0.3) is 0 Å². The average Bonchev–Trinajstić information content (AvgIpc) is 2.27. The van der Waals surface area contributed by atoms with E-state index < -0.39 is 0 Å². The largest absolute Gasteiger partial charge is 0.327 e. The fraction of sp³-hybridized carbons (Fsp3) is 1.00. The van der Waals surface area contributed by atoms with Gasteiger partial charge in [-0.1, -0.05) is 19.3 Å². The maximum absolute atomic E-state index is 6.11. The van der Waals surface area contributed by atoms with Gasteiger partial charge in [-0.2, -0.15) is 11.8 Å². The smallest absolute Gasteiger partial charge is 0.00674 e. The van der Waals surface area contributed by atoms with Crippen molar-refractivity contribution in [1.82, 2.24) is 0 Å². The average molecular weight is 187 g/mol. The van der Waals surface area contributed by atoms with Gasteiger partial charge in [-0.15, -0.1) is 0 Å². The van der Waals surface area contributed by atoms with Gasteiger partial charge in [-0.05, 0) is 37.2 Å². The first kappa shape index (κ1) is 10.4. The molecule has 1 aliphatic rings. The van der Waals surface area contributed by atoms with E-state index in [0.29, 0.717) is 6.04 Å². The zero-order valence-corrected chi connectivity index (χ0v) is 8.91. The number of thioether (sulfide) groups is 1. The zero-order valence-electron chi connectivity index (χ0n) is 8.09. The van der Waals surface area contributed by atoms with Crippen LogP contribution in [0.15, 0.2) is 0 Å². The second-order valence-electron chi connectivity index (χ2n) is 3.84. The van der Waals surface area contributed by atoms with E-state index in [4.69, 9.17) is 5.73 Å². The molecule has 2 unspecified atom stereocenters. The number of nitrogens with two attached hydrogens (primary N) is 1. The van der Waals surface area contributed by atoms with E-state index in [1.807, 2.05) is 11.8 Å². The first-order valence-electron chi connectivity index (χ1n) is 5.09.